The number of nitrogens with zero attached hydrogens (tertiary/aromatic N) is 2. The van der Waals surface area contributed by atoms with Gasteiger partial charge in [0.25, 0.3) is 0 Å². The predicted octanol–water partition coefficient (Wildman–Crippen LogP) is 6.48. The van der Waals surface area contributed by atoms with Gasteiger partial charge in [-0.2, -0.15) is 8.61 Å². The lowest BCUT2D eigenvalue weighted by molar-refractivity contribution is -0.132. The molecule has 228 valence electrons. The third kappa shape index (κ3) is 5.63. The molecule has 1 unspecified atom stereocenters. The van der Waals surface area contributed by atoms with Gasteiger partial charge in [-0.05, 0) is 67.8 Å². The number of benzene rings is 4. The van der Waals surface area contributed by atoms with Gasteiger partial charge in [0.2, 0.25) is 20.0 Å². The molecule has 10 heteroatoms. The van der Waals surface area contributed by atoms with Crippen LogP contribution < -0.4 is 0 Å². The van der Waals surface area contributed by atoms with E-state index in [9.17, 15) is 21.6 Å². The zero-order valence-electron chi connectivity index (χ0n) is 24.4. The van der Waals surface area contributed by atoms with Crippen LogP contribution in [-0.2, 0) is 24.8 Å². The van der Waals surface area contributed by atoms with Gasteiger partial charge in [-0.3, -0.25) is 4.79 Å². The molecule has 0 aromatic heterocycles. The summed E-state index contributed by atoms with van der Waals surface area (Å²) in [7, 11) is -8.17. The lowest BCUT2D eigenvalue weighted by Crippen LogP contribution is -2.60. The van der Waals surface area contributed by atoms with Crippen LogP contribution in [0.1, 0.15) is 47.2 Å². The first-order valence-corrected chi connectivity index (χ1v) is 17.7. The second kappa shape index (κ2) is 11.9. The highest BCUT2D eigenvalue weighted by atomic mass is 35.5. The number of carbonyl (C=O) groups is 1. The van der Waals surface area contributed by atoms with E-state index < -0.39 is 44.1 Å². The molecule has 2 saturated heterocycles. The van der Waals surface area contributed by atoms with Crippen LogP contribution in [0.4, 0.5) is 0 Å². The molecule has 7 nitrogen and oxygen atoms in total. The summed E-state index contributed by atoms with van der Waals surface area (Å²) in [5, 5.41) is 0.434. The largest absolute Gasteiger partial charge is 0.299 e. The Bertz CT molecular complexity index is 1900. The molecule has 44 heavy (non-hydrogen) atoms. The number of hydrogen-bond donors (Lipinski definition) is 0. The van der Waals surface area contributed by atoms with E-state index in [0.29, 0.717) is 16.1 Å². The number of sulfonamides is 2. The highest BCUT2D eigenvalue weighted by Crippen LogP contribution is 2.48. The second-order valence-corrected chi connectivity index (χ2v) is 15.8. The molecule has 2 fully saturated rings. The summed E-state index contributed by atoms with van der Waals surface area (Å²) in [5.74, 6) is -1.02. The molecule has 4 atom stereocenters. The van der Waals surface area contributed by atoms with Crippen LogP contribution in [0.15, 0.2) is 113 Å². The van der Waals surface area contributed by atoms with E-state index in [1.807, 2.05) is 44.2 Å². The minimum absolute atomic E-state index is 0.0590. The van der Waals surface area contributed by atoms with Crippen LogP contribution in [0.2, 0.25) is 5.02 Å². The summed E-state index contributed by atoms with van der Waals surface area (Å²) in [6, 6.07) is 27.1. The Morgan fingerprint density at radius 2 is 1.25 bits per heavy atom. The Morgan fingerprint density at radius 3 is 1.84 bits per heavy atom. The summed E-state index contributed by atoms with van der Waals surface area (Å²) in [6.07, 6.45) is 0.0206. The number of fused-ring (bicyclic) bond motifs is 1. The fourth-order valence-electron chi connectivity index (χ4n) is 6.46. The Morgan fingerprint density at radius 1 is 0.682 bits per heavy atom. The highest BCUT2D eigenvalue weighted by molar-refractivity contribution is 7.89. The molecule has 4 aromatic rings. The van der Waals surface area contributed by atoms with Crippen LogP contribution in [0.5, 0.6) is 0 Å². The molecule has 0 amide bonds. The molecule has 4 aromatic carbocycles. The molecular weight excluding hydrogens is 616 g/mol. The average Bonchev–Trinajstić information content (AvgIpc) is 3.01. The van der Waals surface area contributed by atoms with Crippen molar-refractivity contribution in [1.82, 2.24) is 8.61 Å². The van der Waals surface area contributed by atoms with Crippen molar-refractivity contribution < 1.29 is 21.6 Å². The number of hydrogen-bond acceptors (Lipinski definition) is 5. The molecule has 6 rings (SSSR count). The molecule has 0 N–H and O–H groups in total. The van der Waals surface area contributed by atoms with Crippen molar-refractivity contribution in [2.24, 2.45) is 5.92 Å². The van der Waals surface area contributed by atoms with E-state index in [2.05, 4.69) is 0 Å². The van der Waals surface area contributed by atoms with Crippen LogP contribution in [-0.4, -0.2) is 43.8 Å². The van der Waals surface area contributed by atoms with Gasteiger partial charge in [0.1, 0.15) is 5.78 Å². The quantitative estimate of drug-likeness (QED) is 0.239. The van der Waals surface area contributed by atoms with E-state index >= 15 is 0 Å². The van der Waals surface area contributed by atoms with E-state index in [1.165, 1.54) is 8.61 Å². The first kappa shape index (κ1) is 30.7. The maximum absolute atomic E-state index is 14.5. The van der Waals surface area contributed by atoms with Gasteiger partial charge < -0.3 is 0 Å². The Kier molecular flexibility index (Phi) is 8.28. The van der Waals surface area contributed by atoms with Crippen molar-refractivity contribution in [1.29, 1.82) is 0 Å². The summed E-state index contributed by atoms with van der Waals surface area (Å²) in [5.41, 5.74) is 3.18. The summed E-state index contributed by atoms with van der Waals surface area (Å²) in [4.78, 5) is 14.2. The van der Waals surface area contributed by atoms with Gasteiger partial charge >= 0.3 is 0 Å². The van der Waals surface area contributed by atoms with Gasteiger partial charge in [0.05, 0.1) is 21.9 Å². The third-order valence-electron chi connectivity index (χ3n) is 8.74. The number of aryl methyl sites for hydroxylation is 2. The van der Waals surface area contributed by atoms with E-state index in [-0.39, 0.29) is 35.0 Å². The Labute approximate surface area is 264 Å². The van der Waals surface area contributed by atoms with Crippen molar-refractivity contribution in [3.63, 3.8) is 0 Å². The third-order valence-corrected chi connectivity index (χ3v) is 12.8. The summed E-state index contributed by atoms with van der Waals surface area (Å²) in [6.45, 7) is 3.61. The molecule has 0 radical (unpaired) electrons. The van der Waals surface area contributed by atoms with Gasteiger partial charge in [0, 0.05) is 29.9 Å². The number of rotatable bonds is 6. The molecular formula is C34H33ClN2O5S2. The minimum Gasteiger partial charge on any atom is -0.299 e. The molecule has 0 spiro atoms. The van der Waals surface area contributed by atoms with Crippen LogP contribution in [0.25, 0.3) is 0 Å². The zero-order valence-corrected chi connectivity index (χ0v) is 26.8. The summed E-state index contributed by atoms with van der Waals surface area (Å²) >= 11 is 6.39. The number of Topliss-reactive ketones (excluding diaryl/α,β-unsaturated/α-hetero) is 1. The van der Waals surface area contributed by atoms with Crippen molar-refractivity contribution in [3.05, 3.63) is 130 Å². The van der Waals surface area contributed by atoms with E-state index in [4.69, 9.17) is 11.6 Å². The van der Waals surface area contributed by atoms with Crippen molar-refractivity contribution in [2.45, 2.75) is 54.6 Å². The standard InChI is InChI=1S/C34H33ClN2O5S2/c1-23-11-15-28(16-12-23)43(39,40)36-22-30-33(20-31(36)26-9-6-10-27(35)19-26)37(44(41,42)29-17-13-24(2)14-18-29)32(21-34(30)38)25-7-4-3-5-8-25/h3-19,30-33H,20-22H2,1-2H3/t30-,31?,32+,33+/m1/s1. The second-order valence-electron chi connectivity index (χ2n) is 11.6. The highest BCUT2D eigenvalue weighted by Gasteiger charge is 2.54. The topological polar surface area (TPSA) is 91.8 Å². The van der Waals surface area contributed by atoms with Gasteiger partial charge in [-0.15, -0.1) is 0 Å². The minimum atomic E-state index is -4.11. The lowest BCUT2D eigenvalue weighted by atomic mass is 9.77. The molecule has 2 aliphatic rings. The molecule has 0 bridgehead atoms. The van der Waals surface area contributed by atoms with Gasteiger partial charge in [-0.1, -0.05) is 89.5 Å². The fourth-order valence-corrected chi connectivity index (χ4v) is 10.2. The number of carbonyl (C=O) groups excluding carboxylic acids is 1. The monoisotopic (exact) mass is 648 g/mol. The van der Waals surface area contributed by atoms with Crippen LogP contribution in [0.3, 0.4) is 0 Å². The van der Waals surface area contributed by atoms with Gasteiger partial charge in [0.15, 0.2) is 0 Å². The lowest BCUT2D eigenvalue weighted by Gasteiger charge is -2.51. The predicted molar refractivity (Wildman–Crippen MR) is 170 cm³/mol. The molecule has 0 saturated carbocycles. The average molecular weight is 649 g/mol. The fraction of sp³-hybridized carbons (Fsp3) is 0.265. The maximum Gasteiger partial charge on any atom is 0.243 e. The first-order valence-electron chi connectivity index (χ1n) is 14.5. The normalized spacial score (nSPS) is 23.3. The SMILES string of the molecule is Cc1ccc(S(=O)(=O)N2C[C@H]3C(=O)C[C@@H](c4ccccc4)N(S(=O)(=O)c4ccc(C)cc4)[C@H]3CC2c2cccc(Cl)c2)cc1. The Hall–Kier alpha value is -3.34. The maximum atomic E-state index is 14.5. The Balaban J connectivity index is 1.51. The number of ketones is 1. The van der Waals surface area contributed by atoms with E-state index in [0.717, 1.165) is 11.1 Å². The van der Waals surface area contributed by atoms with E-state index in [1.54, 1.807) is 72.8 Å². The number of halogens is 1. The van der Waals surface area contributed by atoms with Gasteiger partial charge in [-0.25, -0.2) is 16.8 Å². The molecule has 2 aliphatic heterocycles. The molecule has 2 heterocycles. The van der Waals surface area contributed by atoms with Crippen molar-refractivity contribution >= 4 is 37.4 Å². The van der Waals surface area contributed by atoms with Crippen LogP contribution in [0, 0.1) is 19.8 Å². The molecule has 0 aliphatic carbocycles. The van der Waals surface area contributed by atoms with Crippen molar-refractivity contribution in [2.75, 3.05) is 6.54 Å². The zero-order chi connectivity index (χ0) is 31.2. The van der Waals surface area contributed by atoms with Crippen LogP contribution >= 0.6 is 11.6 Å². The summed E-state index contributed by atoms with van der Waals surface area (Å²) < 4.78 is 60.3. The van der Waals surface area contributed by atoms with Crippen molar-refractivity contribution in [3.8, 4) is 0 Å². The number of piperidine rings is 2. The first-order chi connectivity index (χ1) is 21.0. The smallest absolute Gasteiger partial charge is 0.243 e.